The highest BCUT2D eigenvalue weighted by molar-refractivity contribution is 7.89. The molecule has 1 aliphatic heterocycles. The van der Waals surface area contributed by atoms with Gasteiger partial charge in [-0.2, -0.15) is 5.10 Å². The van der Waals surface area contributed by atoms with Gasteiger partial charge in [0.25, 0.3) is 0 Å². The number of nitrogens with zero attached hydrogens (tertiary/aromatic N) is 3. The van der Waals surface area contributed by atoms with Crippen LogP contribution in [-0.2, 0) is 14.8 Å². The van der Waals surface area contributed by atoms with Crippen LogP contribution in [0.15, 0.2) is 0 Å². The summed E-state index contributed by atoms with van der Waals surface area (Å²) in [7, 11) is -1.53. The summed E-state index contributed by atoms with van der Waals surface area (Å²) in [5, 5.41) is 7.32. The second kappa shape index (κ2) is 6.25. The second-order valence-electron chi connectivity index (χ2n) is 6.31. The van der Waals surface area contributed by atoms with Crippen LogP contribution < -0.4 is 0 Å². The fourth-order valence-corrected chi connectivity index (χ4v) is 4.70. The van der Waals surface area contributed by atoms with E-state index in [1.807, 2.05) is 6.92 Å². The van der Waals surface area contributed by atoms with E-state index in [4.69, 9.17) is 4.74 Å². The highest BCUT2D eigenvalue weighted by Gasteiger charge is 2.41. The molecular formula is C14H24N4O3S. The quantitative estimate of drug-likeness (QED) is 0.809. The summed E-state index contributed by atoms with van der Waals surface area (Å²) >= 11 is 0. The lowest BCUT2D eigenvalue weighted by molar-refractivity contribution is 0.150. The fourth-order valence-electron chi connectivity index (χ4n) is 3.12. The molecule has 0 aromatic carbocycles. The van der Waals surface area contributed by atoms with Gasteiger partial charge in [0.15, 0.2) is 5.82 Å². The number of rotatable bonds is 7. The van der Waals surface area contributed by atoms with Crippen molar-refractivity contribution in [2.24, 2.45) is 5.92 Å². The molecule has 0 spiro atoms. The van der Waals surface area contributed by atoms with Crippen LogP contribution in [0.2, 0.25) is 0 Å². The molecule has 8 heteroatoms. The van der Waals surface area contributed by atoms with Gasteiger partial charge in [0.05, 0.1) is 12.4 Å². The molecule has 1 aromatic rings. The van der Waals surface area contributed by atoms with E-state index < -0.39 is 10.0 Å². The first-order valence-corrected chi connectivity index (χ1v) is 9.55. The number of sulfonamides is 1. The van der Waals surface area contributed by atoms with Crippen molar-refractivity contribution in [1.29, 1.82) is 0 Å². The number of hydrogen-bond donors (Lipinski definition) is 1. The van der Waals surface area contributed by atoms with Crippen molar-refractivity contribution >= 4 is 10.0 Å². The lowest BCUT2D eigenvalue weighted by Gasteiger charge is -2.15. The number of methoxy groups -OCH3 is 1. The van der Waals surface area contributed by atoms with Gasteiger partial charge >= 0.3 is 0 Å². The Kier molecular flexibility index (Phi) is 4.52. The monoisotopic (exact) mass is 328 g/mol. The van der Waals surface area contributed by atoms with E-state index in [0.29, 0.717) is 32.0 Å². The molecule has 0 amide bonds. The van der Waals surface area contributed by atoms with E-state index in [2.05, 4.69) is 15.2 Å². The summed E-state index contributed by atoms with van der Waals surface area (Å²) in [5.74, 6) is 2.53. The molecule has 1 aromatic heterocycles. The summed E-state index contributed by atoms with van der Waals surface area (Å²) in [5.41, 5.74) is 0. The third kappa shape index (κ3) is 3.18. The van der Waals surface area contributed by atoms with Gasteiger partial charge in [-0.3, -0.25) is 5.10 Å². The van der Waals surface area contributed by atoms with E-state index in [9.17, 15) is 8.42 Å². The number of ether oxygens (including phenoxy) is 1. The van der Waals surface area contributed by atoms with Gasteiger partial charge in [-0.25, -0.2) is 17.7 Å². The molecule has 2 fully saturated rings. The lowest BCUT2D eigenvalue weighted by atomic mass is 9.96. The van der Waals surface area contributed by atoms with Crippen LogP contribution in [0.3, 0.4) is 0 Å². The standard InChI is InChI=1S/C14H24N4O3S/c1-3-6-22(19,20)18-7-11(9-21-2)12(8-18)14-15-13(16-17-14)10-4-5-10/h10-12H,3-9H2,1-2H3,(H,15,16,17)/t11-,12+/m0/s1. The molecule has 0 bridgehead atoms. The highest BCUT2D eigenvalue weighted by atomic mass is 32.2. The predicted molar refractivity (Wildman–Crippen MR) is 82.1 cm³/mol. The second-order valence-corrected chi connectivity index (χ2v) is 8.40. The molecular weight excluding hydrogens is 304 g/mol. The Morgan fingerprint density at radius 1 is 1.36 bits per heavy atom. The predicted octanol–water partition coefficient (Wildman–Crippen LogP) is 1.08. The van der Waals surface area contributed by atoms with Crippen LogP contribution in [0.5, 0.6) is 0 Å². The average Bonchev–Trinajstić information content (AvgIpc) is 3.04. The zero-order valence-corrected chi connectivity index (χ0v) is 14.0. The summed E-state index contributed by atoms with van der Waals surface area (Å²) in [6, 6.07) is 0. The maximum Gasteiger partial charge on any atom is 0.214 e. The van der Waals surface area contributed by atoms with Gasteiger partial charge in [-0.1, -0.05) is 6.92 Å². The van der Waals surface area contributed by atoms with Crippen LogP contribution in [-0.4, -0.2) is 60.5 Å². The minimum absolute atomic E-state index is 0.0339. The molecule has 1 saturated carbocycles. The first-order chi connectivity index (χ1) is 10.5. The normalized spacial score (nSPS) is 26.6. The number of H-pyrrole nitrogens is 1. The van der Waals surface area contributed by atoms with E-state index >= 15 is 0 Å². The van der Waals surface area contributed by atoms with Crippen molar-refractivity contribution < 1.29 is 13.2 Å². The summed E-state index contributed by atoms with van der Waals surface area (Å²) in [4.78, 5) is 4.61. The van der Waals surface area contributed by atoms with Crippen molar-refractivity contribution in [1.82, 2.24) is 19.5 Å². The van der Waals surface area contributed by atoms with Gasteiger partial charge < -0.3 is 4.74 Å². The van der Waals surface area contributed by atoms with E-state index in [-0.39, 0.29) is 17.6 Å². The van der Waals surface area contributed by atoms with Crippen molar-refractivity contribution in [3.63, 3.8) is 0 Å². The van der Waals surface area contributed by atoms with Crippen LogP contribution in [0.25, 0.3) is 0 Å². The molecule has 2 atom stereocenters. The van der Waals surface area contributed by atoms with Gasteiger partial charge in [-0.15, -0.1) is 0 Å². The molecule has 1 N–H and O–H groups in total. The third-order valence-electron chi connectivity index (χ3n) is 4.46. The lowest BCUT2D eigenvalue weighted by Crippen LogP contribution is -2.31. The first-order valence-electron chi connectivity index (χ1n) is 7.94. The zero-order valence-electron chi connectivity index (χ0n) is 13.2. The molecule has 1 aliphatic carbocycles. The van der Waals surface area contributed by atoms with Crippen LogP contribution >= 0.6 is 0 Å². The minimum Gasteiger partial charge on any atom is -0.384 e. The number of hydrogen-bond acceptors (Lipinski definition) is 5. The Balaban J connectivity index is 1.78. The summed E-state index contributed by atoms with van der Waals surface area (Å²) < 4.78 is 31.5. The Labute approximate surface area is 131 Å². The smallest absolute Gasteiger partial charge is 0.214 e. The maximum absolute atomic E-state index is 12.3. The van der Waals surface area contributed by atoms with Gasteiger partial charge in [-0.05, 0) is 19.3 Å². The molecule has 1 saturated heterocycles. The van der Waals surface area contributed by atoms with Crippen molar-refractivity contribution in [3.05, 3.63) is 11.6 Å². The Morgan fingerprint density at radius 2 is 2.14 bits per heavy atom. The van der Waals surface area contributed by atoms with Gasteiger partial charge in [0.2, 0.25) is 10.0 Å². The number of nitrogens with one attached hydrogen (secondary N) is 1. The number of aromatic amines is 1. The van der Waals surface area contributed by atoms with Crippen molar-refractivity contribution in [2.45, 2.75) is 38.0 Å². The third-order valence-corrected chi connectivity index (χ3v) is 6.47. The SMILES string of the molecule is CCCS(=O)(=O)N1C[C@@H](COC)[C@H](c2nc(C3CC3)n[nH]2)C1. The Hall–Kier alpha value is -0.990. The summed E-state index contributed by atoms with van der Waals surface area (Å²) in [6.07, 6.45) is 2.94. The molecule has 22 heavy (non-hydrogen) atoms. The average molecular weight is 328 g/mol. The molecule has 2 aliphatic rings. The maximum atomic E-state index is 12.3. The minimum atomic E-state index is -3.18. The van der Waals surface area contributed by atoms with Crippen LogP contribution in [0, 0.1) is 5.92 Å². The largest absolute Gasteiger partial charge is 0.384 e. The molecule has 3 rings (SSSR count). The molecule has 0 radical (unpaired) electrons. The van der Waals surface area contributed by atoms with E-state index in [1.54, 1.807) is 11.4 Å². The van der Waals surface area contributed by atoms with Crippen LogP contribution in [0.1, 0.15) is 49.7 Å². The topological polar surface area (TPSA) is 88.2 Å². The Bertz CT molecular complexity index is 611. The molecule has 7 nitrogen and oxygen atoms in total. The zero-order chi connectivity index (χ0) is 15.7. The first kappa shape index (κ1) is 15.9. The fraction of sp³-hybridized carbons (Fsp3) is 0.857. The molecule has 0 unspecified atom stereocenters. The number of aromatic nitrogens is 3. The van der Waals surface area contributed by atoms with E-state index in [1.165, 1.54) is 0 Å². The summed E-state index contributed by atoms with van der Waals surface area (Å²) in [6.45, 7) is 3.38. The van der Waals surface area contributed by atoms with Gasteiger partial charge in [0, 0.05) is 38.0 Å². The van der Waals surface area contributed by atoms with Crippen molar-refractivity contribution in [2.75, 3.05) is 32.6 Å². The highest BCUT2D eigenvalue weighted by Crippen LogP contribution is 2.39. The molecule has 2 heterocycles. The molecule has 124 valence electrons. The Morgan fingerprint density at radius 3 is 2.77 bits per heavy atom. The van der Waals surface area contributed by atoms with Crippen LogP contribution in [0.4, 0.5) is 0 Å². The van der Waals surface area contributed by atoms with E-state index in [0.717, 1.165) is 24.5 Å². The van der Waals surface area contributed by atoms with Crippen molar-refractivity contribution in [3.8, 4) is 0 Å². The van der Waals surface area contributed by atoms with Gasteiger partial charge in [0.1, 0.15) is 5.82 Å².